The Labute approximate surface area is 132 Å². The molecule has 1 aromatic carbocycles. The van der Waals surface area contributed by atoms with E-state index in [-0.39, 0.29) is 19.0 Å². The van der Waals surface area contributed by atoms with Gasteiger partial charge in [-0.1, -0.05) is 0 Å². The summed E-state index contributed by atoms with van der Waals surface area (Å²) in [6.07, 6.45) is -0.503. The second-order valence-electron chi connectivity index (χ2n) is 5.27. The van der Waals surface area contributed by atoms with E-state index in [1.807, 2.05) is 0 Å². The van der Waals surface area contributed by atoms with Gasteiger partial charge in [-0.05, 0) is 24.3 Å². The lowest BCUT2D eigenvalue weighted by atomic mass is 10.2. The third-order valence-corrected chi connectivity index (χ3v) is 3.49. The number of rotatable bonds is 6. The molecule has 1 fully saturated rings. The third-order valence-electron chi connectivity index (χ3n) is 3.49. The summed E-state index contributed by atoms with van der Waals surface area (Å²) in [6.45, 7) is -0.108. The highest BCUT2D eigenvalue weighted by molar-refractivity contribution is 5.94. The topological polar surface area (TPSA) is 79.5 Å². The molecule has 0 bridgehead atoms. The summed E-state index contributed by atoms with van der Waals surface area (Å²) in [5.74, 6) is -2.96. The van der Waals surface area contributed by atoms with Crippen LogP contribution in [0.4, 0.5) is 8.78 Å². The molecule has 1 aliphatic heterocycles. The fourth-order valence-corrected chi connectivity index (χ4v) is 2.23. The Hall–Kier alpha value is -2.22. The molecule has 0 aromatic heterocycles. The average molecular weight is 327 g/mol. The molecule has 1 saturated heterocycles. The maximum atomic E-state index is 13.0. The minimum absolute atomic E-state index is 0.171. The van der Waals surface area contributed by atoms with Gasteiger partial charge in [-0.3, -0.25) is 14.9 Å². The van der Waals surface area contributed by atoms with Crippen molar-refractivity contribution >= 4 is 11.8 Å². The number of benzene rings is 1. The number of hydrogen-bond donors (Lipinski definition) is 3. The number of methoxy groups -OCH3 is 1. The number of carbonyl (C=O) groups is 2. The van der Waals surface area contributed by atoms with Crippen molar-refractivity contribution in [3.8, 4) is 5.75 Å². The molecular weight excluding hydrogens is 308 g/mol. The molecule has 8 heteroatoms. The monoisotopic (exact) mass is 327 g/mol. The van der Waals surface area contributed by atoms with Crippen LogP contribution in [0.5, 0.6) is 5.75 Å². The van der Waals surface area contributed by atoms with Gasteiger partial charge in [0.2, 0.25) is 5.91 Å². The van der Waals surface area contributed by atoms with Crippen LogP contribution in [-0.4, -0.2) is 50.5 Å². The zero-order chi connectivity index (χ0) is 16.9. The Morgan fingerprint density at radius 2 is 1.91 bits per heavy atom. The van der Waals surface area contributed by atoms with Crippen LogP contribution >= 0.6 is 0 Å². The molecule has 1 aromatic rings. The highest BCUT2D eigenvalue weighted by Crippen LogP contribution is 2.24. The molecular formula is C15H19F2N3O3. The van der Waals surface area contributed by atoms with Gasteiger partial charge in [-0.15, -0.1) is 0 Å². The zero-order valence-electron chi connectivity index (χ0n) is 12.7. The Morgan fingerprint density at radius 3 is 2.48 bits per heavy atom. The maximum Gasteiger partial charge on any atom is 0.262 e. The molecule has 1 unspecified atom stereocenters. The third kappa shape index (κ3) is 4.88. The van der Waals surface area contributed by atoms with E-state index in [4.69, 9.17) is 4.74 Å². The van der Waals surface area contributed by atoms with E-state index in [0.29, 0.717) is 11.3 Å². The molecule has 0 saturated carbocycles. The van der Waals surface area contributed by atoms with E-state index in [9.17, 15) is 18.4 Å². The van der Waals surface area contributed by atoms with E-state index in [2.05, 4.69) is 16.0 Å². The van der Waals surface area contributed by atoms with Gasteiger partial charge in [0.05, 0.1) is 19.7 Å². The van der Waals surface area contributed by atoms with Gasteiger partial charge in [0.1, 0.15) is 5.75 Å². The molecule has 1 heterocycles. The molecule has 6 nitrogen and oxygen atoms in total. The summed E-state index contributed by atoms with van der Waals surface area (Å²) in [5.41, 5.74) is 0.467. The molecule has 2 rings (SSSR count). The number of amides is 2. The van der Waals surface area contributed by atoms with Crippen molar-refractivity contribution in [1.29, 1.82) is 0 Å². The number of hydrogen-bond acceptors (Lipinski definition) is 4. The SMILES string of the molecule is COc1ccc(C(=O)NCCNC(=O)C2CC(F)(F)CN2)cc1. The molecule has 0 aliphatic carbocycles. The molecule has 23 heavy (non-hydrogen) atoms. The minimum atomic E-state index is -2.84. The van der Waals surface area contributed by atoms with Gasteiger partial charge in [0.25, 0.3) is 11.8 Å². The van der Waals surface area contributed by atoms with Crippen molar-refractivity contribution in [2.75, 3.05) is 26.7 Å². The lowest BCUT2D eigenvalue weighted by Gasteiger charge is -2.11. The number of halogens is 2. The quantitative estimate of drug-likeness (QED) is 0.666. The second-order valence-corrected chi connectivity index (χ2v) is 5.27. The van der Waals surface area contributed by atoms with Crippen LogP contribution in [0.15, 0.2) is 24.3 Å². The molecule has 1 aliphatic rings. The van der Waals surface area contributed by atoms with Crippen molar-refractivity contribution in [3.63, 3.8) is 0 Å². The van der Waals surface area contributed by atoms with Crippen molar-refractivity contribution in [1.82, 2.24) is 16.0 Å². The summed E-state index contributed by atoms with van der Waals surface area (Å²) in [5, 5.41) is 7.63. The Balaban J connectivity index is 1.68. The smallest absolute Gasteiger partial charge is 0.262 e. The van der Waals surface area contributed by atoms with Crippen LogP contribution in [0.25, 0.3) is 0 Å². The maximum absolute atomic E-state index is 13.0. The Bertz CT molecular complexity index is 564. The number of ether oxygens (including phenoxy) is 1. The van der Waals surface area contributed by atoms with Gasteiger partial charge in [0.15, 0.2) is 0 Å². The lowest BCUT2D eigenvalue weighted by molar-refractivity contribution is -0.123. The Kier molecular flexibility index (Phi) is 5.49. The van der Waals surface area contributed by atoms with Gasteiger partial charge in [-0.2, -0.15) is 0 Å². The van der Waals surface area contributed by atoms with Crippen LogP contribution in [0.1, 0.15) is 16.8 Å². The fraction of sp³-hybridized carbons (Fsp3) is 0.467. The molecule has 2 amide bonds. The van der Waals surface area contributed by atoms with E-state index in [1.54, 1.807) is 24.3 Å². The predicted octanol–water partition coefficient (Wildman–Crippen LogP) is 0.538. The first-order chi connectivity index (χ1) is 10.9. The second kappa shape index (κ2) is 7.36. The van der Waals surface area contributed by atoms with E-state index in [0.717, 1.165) is 0 Å². The first-order valence-electron chi connectivity index (χ1n) is 7.22. The molecule has 1 atom stereocenters. The first kappa shape index (κ1) is 17.1. The minimum Gasteiger partial charge on any atom is -0.497 e. The predicted molar refractivity (Wildman–Crippen MR) is 79.7 cm³/mol. The van der Waals surface area contributed by atoms with Gasteiger partial charge >= 0.3 is 0 Å². The average Bonchev–Trinajstić information content (AvgIpc) is 2.91. The standard InChI is InChI=1S/C15H19F2N3O3/c1-23-11-4-2-10(3-5-11)13(21)18-6-7-19-14(22)12-8-15(16,17)9-20-12/h2-5,12,20H,6-9H2,1H3,(H,18,21)(H,19,22). The summed E-state index contributed by atoms with van der Waals surface area (Å²) in [4.78, 5) is 23.5. The number of alkyl halides is 2. The van der Waals surface area contributed by atoms with Crippen molar-refractivity contribution in [2.45, 2.75) is 18.4 Å². The highest BCUT2D eigenvalue weighted by atomic mass is 19.3. The van der Waals surface area contributed by atoms with Crippen molar-refractivity contribution in [2.24, 2.45) is 0 Å². The summed E-state index contributed by atoms with van der Waals surface area (Å²) in [6, 6.07) is 5.70. The van der Waals surface area contributed by atoms with Gasteiger partial charge < -0.3 is 15.4 Å². The number of carbonyl (C=O) groups excluding carboxylic acids is 2. The van der Waals surface area contributed by atoms with Crippen molar-refractivity contribution < 1.29 is 23.1 Å². The van der Waals surface area contributed by atoms with Crippen LogP contribution in [-0.2, 0) is 4.79 Å². The Morgan fingerprint density at radius 1 is 1.26 bits per heavy atom. The summed E-state index contributed by atoms with van der Waals surface area (Å²) >= 11 is 0. The summed E-state index contributed by atoms with van der Waals surface area (Å²) < 4.78 is 31.0. The summed E-state index contributed by atoms with van der Waals surface area (Å²) in [7, 11) is 1.53. The number of nitrogens with one attached hydrogen (secondary N) is 3. The van der Waals surface area contributed by atoms with E-state index < -0.39 is 30.8 Å². The van der Waals surface area contributed by atoms with E-state index in [1.165, 1.54) is 7.11 Å². The largest absolute Gasteiger partial charge is 0.497 e. The lowest BCUT2D eigenvalue weighted by Crippen LogP contribution is -2.43. The molecule has 3 N–H and O–H groups in total. The highest BCUT2D eigenvalue weighted by Gasteiger charge is 2.42. The fourth-order valence-electron chi connectivity index (χ4n) is 2.23. The van der Waals surface area contributed by atoms with Crippen LogP contribution in [0.2, 0.25) is 0 Å². The molecule has 0 spiro atoms. The van der Waals surface area contributed by atoms with Crippen molar-refractivity contribution in [3.05, 3.63) is 29.8 Å². The zero-order valence-corrected chi connectivity index (χ0v) is 12.7. The van der Waals surface area contributed by atoms with Crippen LogP contribution in [0, 0.1) is 0 Å². The molecule has 126 valence electrons. The van der Waals surface area contributed by atoms with Gasteiger partial charge in [0, 0.05) is 25.1 Å². The molecule has 0 radical (unpaired) electrons. The van der Waals surface area contributed by atoms with Crippen LogP contribution < -0.4 is 20.7 Å². The van der Waals surface area contributed by atoms with Gasteiger partial charge in [-0.25, -0.2) is 8.78 Å². The van der Waals surface area contributed by atoms with E-state index >= 15 is 0 Å². The first-order valence-corrected chi connectivity index (χ1v) is 7.22. The van der Waals surface area contributed by atoms with Crippen LogP contribution in [0.3, 0.4) is 0 Å². The normalized spacial score (nSPS) is 19.2.